The van der Waals surface area contributed by atoms with Crippen molar-refractivity contribution in [2.45, 2.75) is 19.8 Å². The normalized spacial score (nSPS) is 43.4. The summed E-state index contributed by atoms with van der Waals surface area (Å²) in [6.45, 7) is 2.16. The molecular formula is C7H14OS. The fraction of sp³-hybridized carbons (Fsp3) is 0.857. The van der Waals surface area contributed by atoms with E-state index in [1.54, 1.807) is 0 Å². The molecule has 0 spiro atoms. The molecule has 9 heavy (non-hydrogen) atoms. The second kappa shape index (κ2) is 2.33. The van der Waals surface area contributed by atoms with Gasteiger partial charge in [0.2, 0.25) is 0 Å². The quantitative estimate of drug-likeness (QED) is 0.507. The molecule has 1 heterocycles. The zero-order chi connectivity index (χ0) is 6.91. The Morgan fingerprint density at radius 2 is 2.44 bits per heavy atom. The number of rotatable bonds is 1. The third kappa shape index (κ3) is 1.71. The van der Waals surface area contributed by atoms with Gasteiger partial charge in [-0.1, -0.05) is 13.3 Å². The Morgan fingerprint density at radius 1 is 1.78 bits per heavy atom. The lowest BCUT2D eigenvalue weighted by Gasteiger charge is -2.00. The molecule has 1 saturated heterocycles. The molecule has 0 saturated carbocycles. The Hall–Kier alpha value is 0.0200. The Bertz CT molecular complexity index is 179. The molecule has 0 amide bonds. The summed E-state index contributed by atoms with van der Waals surface area (Å²) in [4.78, 5) is 0. The summed E-state index contributed by atoms with van der Waals surface area (Å²) in [6.07, 6.45) is 2.31. The fourth-order valence-corrected chi connectivity index (χ4v) is 3.49. The lowest BCUT2D eigenvalue weighted by molar-refractivity contribution is 0.577. The lowest BCUT2D eigenvalue weighted by atomic mass is 10.1. The molecule has 0 aliphatic carbocycles. The predicted octanol–water partition coefficient (Wildman–Crippen LogP) is 1.13. The van der Waals surface area contributed by atoms with Crippen molar-refractivity contribution in [1.29, 1.82) is 0 Å². The first-order chi connectivity index (χ1) is 4.14. The Balaban J connectivity index is 2.58. The van der Waals surface area contributed by atoms with Crippen molar-refractivity contribution >= 4 is 15.4 Å². The van der Waals surface area contributed by atoms with Crippen LogP contribution < -0.4 is 0 Å². The molecule has 54 valence electrons. The first-order valence-electron chi connectivity index (χ1n) is 3.46. The molecule has 2 heteroatoms. The van der Waals surface area contributed by atoms with Crippen LogP contribution in [0.25, 0.3) is 0 Å². The summed E-state index contributed by atoms with van der Waals surface area (Å²) in [5, 5.41) is 0. The standard InChI is InChI=1S/C7H14OS/c1-3-7-4-5-9(2,8)6-7/h7H,2-6H2,1H3/t7-,9?/m0/s1. The summed E-state index contributed by atoms with van der Waals surface area (Å²) in [5.74, 6) is 6.14. The molecule has 1 aliphatic rings. The van der Waals surface area contributed by atoms with E-state index in [1.165, 1.54) is 6.42 Å². The highest BCUT2D eigenvalue weighted by Crippen LogP contribution is 2.20. The topological polar surface area (TPSA) is 17.1 Å². The first kappa shape index (κ1) is 7.13. The van der Waals surface area contributed by atoms with Crippen molar-refractivity contribution in [3.63, 3.8) is 0 Å². The Labute approximate surface area is 57.5 Å². The van der Waals surface area contributed by atoms with Crippen LogP contribution in [0.5, 0.6) is 0 Å². The van der Waals surface area contributed by atoms with E-state index in [9.17, 15) is 4.21 Å². The summed E-state index contributed by atoms with van der Waals surface area (Å²) in [6, 6.07) is 0. The van der Waals surface area contributed by atoms with Crippen LogP contribution in [0.2, 0.25) is 0 Å². The molecule has 1 nitrogen and oxygen atoms in total. The smallest absolute Gasteiger partial charge is 0.0187 e. The van der Waals surface area contributed by atoms with Crippen LogP contribution in [0.1, 0.15) is 19.8 Å². The van der Waals surface area contributed by atoms with Crippen LogP contribution in [0.15, 0.2) is 0 Å². The molecule has 1 unspecified atom stereocenters. The Morgan fingerprint density at radius 3 is 2.67 bits per heavy atom. The largest absolute Gasteiger partial charge is 0.268 e. The van der Waals surface area contributed by atoms with Gasteiger partial charge in [-0.2, -0.15) is 0 Å². The van der Waals surface area contributed by atoms with Crippen LogP contribution in [0, 0.1) is 5.92 Å². The molecule has 0 N–H and O–H groups in total. The van der Waals surface area contributed by atoms with Gasteiger partial charge in [0.1, 0.15) is 0 Å². The van der Waals surface area contributed by atoms with Gasteiger partial charge in [-0.3, -0.25) is 4.21 Å². The summed E-state index contributed by atoms with van der Waals surface area (Å²) >= 11 is 0. The second-order valence-electron chi connectivity index (χ2n) is 2.90. The zero-order valence-corrected chi connectivity index (χ0v) is 6.75. The van der Waals surface area contributed by atoms with E-state index in [4.69, 9.17) is 0 Å². The van der Waals surface area contributed by atoms with Crippen LogP contribution in [0.4, 0.5) is 0 Å². The zero-order valence-electron chi connectivity index (χ0n) is 5.93. The van der Waals surface area contributed by atoms with E-state index in [2.05, 4.69) is 12.8 Å². The van der Waals surface area contributed by atoms with Crippen molar-refractivity contribution < 1.29 is 4.21 Å². The minimum atomic E-state index is -1.61. The molecule has 0 aromatic heterocycles. The minimum Gasteiger partial charge on any atom is -0.268 e. The van der Waals surface area contributed by atoms with Gasteiger partial charge in [0.25, 0.3) is 0 Å². The van der Waals surface area contributed by atoms with Gasteiger partial charge in [0.15, 0.2) is 0 Å². The minimum absolute atomic E-state index is 0.704. The summed E-state index contributed by atoms with van der Waals surface area (Å²) in [7, 11) is -1.61. The molecule has 1 aliphatic heterocycles. The number of hydrogen-bond donors (Lipinski definition) is 0. The van der Waals surface area contributed by atoms with E-state index >= 15 is 0 Å². The van der Waals surface area contributed by atoms with Crippen molar-refractivity contribution in [3.8, 4) is 0 Å². The molecular weight excluding hydrogens is 132 g/mol. The molecule has 2 atom stereocenters. The van der Waals surface area contributed by atoms with Crippen LogP contribution in [-0.2, 0) is 9.52 Å². The maximum atomic E-state index is 11.2. The predicted molar refractivity (Wildman–Crippen MR) is 43.4 cm³/mol. The highest BCUT2D eigenvalue weighted by atomic mass is 32.2. The first-order valence-corrected chi connectivity index (χ1v) is 5.53. The lowest BCUT2D eigenvalue weighted by Crippen LogP contribution is -2.03. The number of hydrogen-bond acceptors (Lipinski definition) is 1. The van der Waals surface area contributed by atoms with Gasteiger partial charge >= 0.3 is 0 Å². The molecule has 0 radical (unpaired) electrons. The third-order valence-corrected chi connectivity index (χ3v) is 4.07. The summed E-state index contributed by atoms with van der Waals surface area (Å²) < 4.78 is 11.2. The molecule has 0 bridgehead atoms. The van der Waals surface area contributed by atoms with Crippen molar-refractivity contribution in [3.05, 3.63) is 0 Å². The monoisotopic (exact) mass is 146 g/mol. The van der Waals surface area contributed by atoms with Gasteiger partial charge in [-0.25, -0.2) is 0 Å². The van der Waals surface area contributed by atoms with Gasteiger partial charge in [0, 0.05) is 11.5 Å². The van der Waals surface area contributed by atoms with E-state index in [0.717, 1.165) is 17.9 Å². The molecule has 0 aromatic rings. The fourth-order valence-electron chi connectivity index (χ4n) is 1.30. The van der Waals surface area contributed by atoms with Gasteiger partial charge in [-0.15, -0.1) is 0 Å². The molecule has 1 rings (SSSR count). The van der Waals surface area contributed by atoms with Crippen LogP contribution in [0.3, 0.4) is 0 Å². The third-order valence-electron chi connectivity index (χ3n) is 2.01. The van der Waals surface area contributed by atoms with Crippen molar-refractivity contribution in [2.24, 2.45) is 5.92 Å². The maximum Gasteiger partial charge on any atom is 0.0187 e. The van der Waals surface area contributed by atoms with E-state index in [-0.39, 0.29) is 0 Å². The SMILES string of the molecule is C=S1(=O)CC[C@H](CC)C1. The molecule has 1 fully saturated rings. The maximum absolute atomic E-state index is 11.2. The van der Waals surface area contributed by atoms with E-state index < -0.39 is 9.52 Å². The second-order valence-corrected chi connectivity index (χ2v) is 5.57. The Kier molecular flexibility index (Phi) is 1.85. The van der Waals surface area contributed by atoms with Gasteiger partial charge < -0.3 is 0 Å². The average Bonchev–Trinajstić information content (AvgIpc) is 2.10. The van der Waals surface area contributed by atoms with E-state index in [1.807, 2.05) is 0 Å². The van der Waals surface area contributed by atoms with Gasteiger partial charge in [-0.05, 0) is 27.7 Å². The van der Waals surface area contributed by atoms with E-state index in [0.29, 0.717) is 5.92 Å². The highest BCUT2D eigenvalue weighted by molar-refractivity contribution is 8.00. The molecule has 0 aromatic carbocycles. The van der Waals surface area contributed by atoms with Gasteiger partial charge in [0.05, 0.1) is 0 Å². The summed E-state index contributed by atoms with van der Waals surface area (Å²) in [5.41, 5.74) is 0. The van der Waals surface area contributed by atoms with Crippen molar-refractivity contribution in [2.75, 3.05) is 11.5 Å². The van der Waals surface area contributed by atoms with Crippen molar-refractivity contribution in [1.82, 2.24) is 0 Å². The van der Waals surface area contributed by atoms with Crippen LogP contribution >= 0.6 is 0 Å². The van der Waals surface area contributed by atoms with Crippen LogP contribution in [-0.4, -0.2) is 21.6 Å². The highest BCUT2D eigenvalue weighted by Gasteiger charge is 2.21. The average molecular weight is 146 g/mol.